The first-order valence-electron chi connectivity index (χ1n) is 6.60. The number of urea groups is 1. The average Bonchev–Trinajstić information content (AvgIpc) is 2.40. The van der Waals surface area contributed by atoms with E-state index in [-0.39, 0.29) is 18.0 Å². The molecule has 6 nitrogen and oxygen atoms in total. The maximum absolute atomic E-state index is 11.9. The highest BCUT2D eigenvalue weighted by Gasteiger charge is 2.28. The van der Waals surface area contributed by atoms with Gasteiger partial charge in [-0.2, -0.15) is 0 Å². The zero-order valence-electron chi connectivity index (χ0n) is 10.4. The predicted octanol–water partition coefficient (Wildman–Crippen LogP) is 1.37. The Kier molecular flexibility index (Phi) is 4.41. The number of hydroxylamine groups is 2. The fraction of sp³-hybridized carbons (Fsp3) is 0.833. The summed E-state index contributed by atoms with van der Waals surface area (Å²) in [5, 5.41) is 13.2. The molecule has 0 aromatic rings. The van der Waals surface area contributed by atoms with Gasteiger partial charge in [-0.15, -0.1) is 0 Å². The summed E-state index contributed by atoms with van der Waals surface area (Å²) in [5.74, 6) is -0.969. The first-order valence-corrected chi connectivity index (χ1v) is 6.60. The Balaban J connectivity index is 1.73. The van der Waals surface area contributed by atoms with E-state index in [1.54, 1.807) is 0 Å². The highest BCUT2D eigenvalue weighted by molar-refractivity contribution is 5.73. The van der Waals surface area contributed by atoms with Gasteiger partial charge in [-0.1, -0.05) is 0 Å². The van der Waals surface area contributed by atoms with Crippen LogP contribution in [0.5, 0.6) is 0 Å². The third-order valence-electron chi connectivity index (χ3n) is 3.63. The van der Waals surface area contributed by atoms with Crippen molar-refractivity contribution in [2.45, 2.75) is 44.6 Å². The zero-order chi connectivity index (χ0) is 13.0. The van der Waals surface area contributed by atoms with Crippen LogP contribution >= 0.6 is 0 Å². The van der Waals surface area contributed by atoms with Crippen molar-refractivity contribution in [1.82, 2.24) is 10.4 Å². The molecule has 6 heteroatoms. The normalized spacial score (nSPS) is 28.8. The van der Waals surface area contributed by atoms with Gasteiger partial charge < -0.3 is 10.4 Å². The van der Waals surface area contributed by atoms with E-state index in [0.717, 1.165) is 25.7 Å². The molecule has 1 saturated heterocycles. The molecular formula is C12H20N2O4. The Bertz CT molecular complexity index is 307. The average molecular weight is 256 g/mol. The molecule has 102 valence electrons. The van der Waals surface area contributed by atoms with Crippen LogP contribution in [0.3, 0.4) is 0 Å². The van der Waals surface area contributed by atoms with Crippen molar-refractivity contribution >= 4 is 12.0 Å². The molecule has 0 atom stereocenters. The molecule has 0 aromatic heterocycles. The second-order valence-electron chi connectivity index (χ2n) is 4.98. The molecule has 0 unspecified atom stereocenters. The minimum absolute atomic E-state index is 0.0821. The van der Waals surface area contributed by atoms with Crippen molar-refractivity contribution in [2.24, 2.45) is 5.92 Å². The first kappa shape index (κ1) is 13.1. The van der Waals surface area contributed by atoms with Crippen LogP contribution in [0.25, 0.3) is 0 Å². The largest absolute Gasteiger partial charge is 0.481 e. The second kappa shape index (κ2) is 6.04. The molecule has 2 fully saturated rings. The Morgan fingerprint density at radius 3 is 2.44 bits per heavy atom. The predicted molar refractivity (Wildman–Crippen MR) is 63.8 cm³/mol. The number of carbonyl (C=O) groups excluding carboxylic acids is 1. The smallest absolute Gasteiger partial charge is 0.341 e. The van der Waals surface area contributed by atoms with E-state index in [9.17, 15) is 9.59 Å². The molecule has 1 saturated carbocycles. The van der Waals surface area contributed by atoms with Gasteiger partial charge >= 0.3 is 12.0 Å². The monoisotopic (exact) mass is 256 g/mol. The Morgan fingerprint density at radius 2 is 1.89 bits per heavy atom. The van der Waals surface area contributed by atoms with Crippen LogP contribution in [0.1, 0.15) is 38.5 Å². The van der Waals surface area contributed by atoms with Crippen molar-refractivity contribution in [3.05, 3.63) is 0 Å². The van der Waals surface area contributed by atoms with Crippen LogP contribution in [-0.4, -0.2) is 41.4 Å². The number of rotatable bonds is 2. The summed E-state index contributed by atoms with van der Waals surface area (Å²) in [6.45, 7) is 1.23. The van der Waals surface area contributed by atoms with Crippen LogP contribution in [0.2, 0.25) is 0 Å². The van der Waals surface area contributed by atoms with E-state index in [4.69, 9.17) is 9.94 Å². The van der Waals surface area contributed by atoms with Crippen LogP contribution in [-0.2, 0) is 9.63 Å². The standard InChI is InChI=1S/C12H20N2O4/c15-11(16)9-3-5-10(6-4-9)13-12(17)14-7-1-2-8-18-14/h9-10H,1-8H2,(H,13,17)(H,15,16). The zero-order valence-corrected chi connectivity index (χ0v) is 10.4. The second-order valence-corrected chi connectivity index (χ2v) is 4.98. The summed E-state index contributed by atoms with van der Waals surface area (Å²) in [6.07, 6.45) is 4.71. The lowest BCUT2D eigenvalue weighted by molar-refractivity contribution is -0.143. The summed E-state index contributed by atoms with van der Waals surface area (Å²) in [5.41, 5.74) is 0. The van der Waals surface area contributed by atoms with Crippen molar-refractivity contribution in [3.8, 4) is 0 Å². The Hall–Kier alpha value is -1.30. The molecule has 0 radical (unpaired) electrons. The van der Waals surface area contributed by atoms with Crippen LogP contribution in [0.4, 0.5) is 4.79 Å². The maximum Gasteiger partial charge on any atom is 0.341 e. The molecule has 2 aliphatic rings. The van der Waals surface area contributed by atoms with Crippen LogP contribution < -0.4 is 5.32 Å². The quantitative estimate of drug-likeness (QED) is 0.782. The maximum atomic E-state index is 11.9. The lowest BCUT2D eigenvalue weighted by atomic mass is 9.86. The van der Waals surface area contributed by atoms with Crippen molar-refractivity contribution in [3.63, 3.8) is 0 Å². The van der Waals surface area contributed by atoms with Crippen LogP contribution in [0.15, 0.2) is 0 Å². The highest BCUT2D eigenvalue weighted by Crippen LogP contribution is 2.24. The van der Waals surface area contributed by atoms with Gasteiger partial charge in [0.2, 0.25) is 0 Å². The van der Waals surface area contributed by atoms with E-state index >= 15 is 0 Å². The fourth-order valence-electron chi connectivity index (χ4n) is 2.49. The summed E-state index contributed by atoms with van der Waals surface area (Å²) in [6, 6.07) is -0.105. The van der Waals surface area contributed by atoms with Gasteiger partial charge in [-0.3, -0.25) is 9.63 Å². The topological polar surface area (TPSA) is 78.9 Å². The summed E-state index contributed by atoms with van der Waals surface area (Å²) >= 11 is 0. The van der Waals surface area contributed by atoms with Gasteiger partial charge in [0.1, 0.15) is 0 Å². The van der Waals surface area contributed by atoms with E-state index in [2.05, 4.69) is 5.32 Å². The molecule has 2 amide bonds. The summed E-state index contributed by atoms with van der Waals surface area (Å²) < 4.78 is 0. The number of hydrogen-bond donors (Lipinski definition) is 2. The number of nitrogens with one attached hydrogen (secondary N) is 1. The van der Waals surface area contributed by atoms with E-state index < -0.39 is 5.97 Å². The first-order chi connectivity index (χ1) is 8.66. The molecule has 1 heterocycles. The van der Waals surface area contributed by atoms with Gasteiger partial charge in [0.25, 0.3) is 0 Å². The third-order valence-corrected chi connectivity index (χ3v) is 3.63. The highest BCUT2D eigenvalue weighted by atomic mass is 16.7. The number of carboxylic acids is 1. The Morgan fingerprint density at radius 1 is 1.17 bits per heavy atom. The molecule has 18 heavy (non-hydrogen) atoms. The minimum Gasteiger partial charge on any atom is -0.481 e. The molecule has 2 rings (SSSR count). The number of hydrogen-bond acceptors (Lipinski definition) is 3. The number of carbonyl (C=O) groups is 2. The fourth-order valence-corrected chi connectivity index (χ4v) is 2.49. The van der Waals surface area contributed by atoms with Crippen molar-refractivity contribution in [1.29, 1.82) is 0 Å². The van der Waals surface area contributed by atoms with Crippen LogP contribution in [0, 0.1) is 5.92 Å². The third kappa shape index (κ3) is 3.35. The van der Waals surface area contributed by atoms with E-state index in [1.807, 2.05) is 0 Å². The minimum atomic E-state index is -0.723. The molecular weight excluding hydrogens is 236 g/mol. The SMILES string of the molecule is O=C(O)C1CCC(NC(=O)N2CCCCO2)CC1. The molecule has 0 bridgehead atoms. The van der Waals surface area contributed by atoms with Gasteiger partial charge in [-0.25, -0.2) is 9.86 Å². The lowest BCUT2D eigenvalue weighted by Gasteiger charge is -2.31. The van der Waals surface area contributed by atoms with Crippen molar-refractivity contribution in [2.75, 3.05) is 13.2 Å². The number of nitrogens with zero attached hydrogens (tertiary/aromatic N) is 1. The van der Waals surface area contributed by atoms with E-state index in [1.165, 1.54) is 5.06 Å². The molecule has 0 spiro atoms. The molecule has 2 N–H and O–H groups in total. The molecule has 1 aliphatic carbocycles. The van der Waals surface area contributed by atoms with Gasteiger partial charge in [-0.05, 0) is 38.5 Å². The summed E-state index contributed by atoms with van der Waals surface area (Å²) in [7, 11) is 0. The van der Waals surface area contributed by atoms with Crippen molar-refractivity contribution < 1.29 is 19.5 Å². The number of carboxylic acid groups (broad SMARTS) is 1. The van der Waals surface area contributed by atoms with Gasteiger partial charge in [0.15, 0.2) is 0 Å². The summed E-state index contributed by atoms with van der Waals surface area (Å²) in [4.78, 5) is 27.9. The van der Waals surface area contributed by atoms with Gasteiger partial charge in [0, 0.05) is 6.04 Å². The number of amides is 2. The Labute approximate surface area is 106 Å². The molecule has 0 aromatic carbocycles. The van der Waals surface area contributed by atoms with Gasteiger partial charge in [0.05, 0.1) is 19.1 Å². The molecule has 1 aliphatic heterocycles. The lowest BCUT2D eigenvalue weighted by Crippen LogP contribution is -2.47. The number of aliphatic carboxylic acids is 1. The van der Waals surface area contributed by atoms with E-state index in [0.29, 0.717) is 26.0 Å².